The Morgan fingerprint density at radius 2 is 1.96 bits per heavy atom. The topological polar surface area (TPSA) is 62.7 Å². The first kappa shape index (κ1) is 17.5. The molecule has 2 aromatic rings. The van der Waals surface area contributed by atoms with E-state index in [-0.39, 0.29) is 11.9 Å². The molecule has 132 valence electrons. The van der Waals surface area contributed by atoms with Gasteiger partial charge in [0.05, 0.1) is 18.4 Å². The van der Waals surface area contributed by atoms with Crippen LogP contribution in [0.5, 0.6) is 0 Å². The fourth-order valence-corrected chi connectivity index (χ4v) is 3.14. The Balaban J connectivity index is 1.56. The number of ether oxygens (including phenoxy) is 1. The number of rotatable bonds is 6. The molecule has 0 amide bonds. The highest BCUT2D eigenvalue weighted by atomic mass is 19.1. The number of halogens is 1. The zero-order chi connectivity index (χ0) is 17.6. The quantitative estimate of drug-likeness (QED) is 0.873. The highest BCUT2D eigenvalue weighted by Gasteiger charge is 2.31. The van der Waals surface area contributed by atoms with Gasteiger partial charge in [-0.25, -0.2) is 4.39 Å². The number of carbonyl (C=O) groups is 1. The van der Waals surface area contributed by atoms with Crippen LogP contribution in [0.4, 0.5) is 4.39 Å². The van der Waals surface area contributed by atoms with E-state index in [0.29, 0.717) is 25.3 Å². The van der Waals surface area contributed by atoms with E-state index in [1.54, 1.807) is 6.20 Å². The van der Waals surface area contributed by atoms with Crippen molar-refractivity contribution in [2.75, 3.05) is 13.1 Å². The molecule has 1 fully saturated rings. The van der Waals surface area contributed by atoms with Gasteiger partial charge in [0.15, 0.2) is 0 Å². The zero-order valence-electron chi connectivity index (χ0n) is 13.8. The number of hydrogen-bond acceptors (Lipinski definition) is 4. The van der Waals surface area contributed by atoms with E-state index in [1.165, 1.54) is 24.3 Å². The van der Waals surface area contributed by atoms with Crippen LogP contribution in [0, 0.1) is 5.82 Å². The fourth-order valence-electron chi connectivity index (χ4n) is 3.14. The molecular weight excluding hydrogens is 323 g/mol. The molecule has 0 bridgehead atoms. The number of aliphatic carboxylic acids is 1. The van der Waals surface area contributed by atoms with Gasteiger partial charge >= 0.3 is 5.97 Å². The van der Waals surface area contributed by atoms with Crippen molar-refractivity contribution in [3.8, 4) is 0 Å². The standard InChI is InChI=1S/C19H21FN2O3/c20-15-6-4-14(5-7-15)18(19(23)24)22-11-8-17(9-12-22)25-13-16-3-1-2-10-21-16/h1-7,10,17-18H,8-9,11-13H2,(H,23,24)/t18-/m0/s1. The van der Waals surface area contributed by atoms with Gasteiger partial charge in [-0.05, 0) is 42.7 Å². The Morgan fingerprint density at radius 3 is 2.56 bits per heavy atom. The third kappa shape index (κ3) is 4.61. The first-order valence-corrected chi connectivity index (χ1v) is 8.37. The minimum absolute atomic E-state index is 0.0981. The van der Waals surface area contributed by atoms with Crippen LogP contribution in [0.3, 0.4) is 0 Å². The molecule has 1 saturated heterocycles. The molecule has 3 rings (SSSR count). The maximum atomic E-state index is 13.1. The molecule has 0 radical (unpaired) electrons. The van der Waals surface area contributed by atoms with Crippen molar-refractivity contribution in [3.05, 3.63) is 65.7 Å². The summed E-state index contributed by atoms with van der Waals surface area (Å²) in [5.41, 5.74) is 1.49. The number of hydrogen-bond donors (Lipinski definition) is 1. The number of carboxylic acid groups (broad SMARTS) is 1. The van der Waals surface area contributed by atoms with E-state index in [2.05, 4.69) is 4.98 Å². The van der Waals surface area contributed by atoms with Crippen LogP contribution in [-0.4, -0.2) is 40.2 Å². The molecule has 1 aromatic heterocycles. The number of carboxylic acids is 1. The largest absolute Gasteiger partial charge is 0.480 e. The molecule has 1 aliphatic rings. The van der Waals surface area contributed by atoms with Crippen LogP contribution in [0.25, 0.3) is 0 Å². The molecule has 0 aliphatic carbocycles. The van der Waals surface area contributed by atoms with Gasteiger partial charge in [0.25, 0.3) is 0 Å². The van der Waals surface area contributed by atoms with Gasteiger partial charge in [-0.3, -0.25) is 14.7 Å². The summed E-state index contributed by atoms with van der Waals surface area (Å²) in [7, 11) is 0. The van der Waals surface area contributed by atoms with Gasteiger partial charge in [-0.2, -0.15) is 0 Å². The molecule has 1 aromatic carbocycles. The third-order valence-electron chi connectivity index (χ3n) is 4.45. The summed E-state index contributed by atoms with van der Waals surface area (Å²) in [5, 5.41) is 9.59. The summed E-state index contributed by atoms with van der Waals surface area (Å²) in [5.74, 6) is -1.28. The van der Waals surface area contributed by atoms with Crippen molar-refractivity contribution in [1.29, 1.82) is 0 Å². The van der Waals surface area contributed by atoms with Crippen LogP contribution in [0.2, 0.25) is 0 Å². The van der Waals surface area contributed by atoms with E-state index >= 15 is 0 Å². The Hall–Kier alpha value is -2.31. The average molecular weight is 344 g/mol. The van der Waals surface area contributed by atoms with Crippen molar-refractivity contribution in [2.45, 2.75) is 31.6 Å². The predicted molar refractivity (Wildman–Crippen MR) is 90.4 cm³/mol. The highest BCUT2D eigenvalue weighted by Crippen LogP contribution is 2.26. The lowest BCUT2D eigenvalue weighted by Crippen LogP contribution is -2.42. The predicted octanol–water partition coefficient (Wildman–Crippen LogP) is 3.03. The van der Waals surface area contributed by atoms with Crippen molar-refractivity contribution in [2.24, 2.45) is 0 Å². The number of nitrogens with zero attached hydrogens (tertiary/aromatic N) is 2. The van der Waals surface area contributed by atoms with Gasteiger partial charge in [0, 0.05) is 19.3 Å². The first-order chi connectivity index (χ1) is 12.1. The summed E-state index contributed by atoms with van der Waals surface area (Å²) in [4.78, 5) is 17.8. The normalized spacial score (nSPS) is 17.3. The molecule has 2 heterocycles. The zero-order valence-corrected chi connectivity index (χ0v) is 13.8. The van der Waals surface area contributed by atoms with E-state index in [1.807, 2.05) is 23.1 Å². The smallest absolute Gasteiger partial charge is 0.325 e. The third-order valence-corrected chi connectivity index (χ3v) is 4.45. The molecular formula is C19H21FN2O3. The van der Waals surface area contributed by atoms with E-state index in [9.17, 15) is 14.3 Å². The Kier molecular flexibility index (Phi) is 5.73. The summed E-state index contributed by atoms with van der Waals surface area (Å²) < 4.78 is 19.0. The molecule has 1 aliphatic heterocycles. The van der Waals surface area contributed by atoms with Crippen LogP contribution in [0.1, 0.15) is 30.1 Å². The molecule has 0 unspecified atom stereocenters. The van der Waals surface area contributed by atoms with Gasteiger partial charge in [-0.15, -0.1) is 0 Å². The second-order valence-electron chi connectivity index (χ2n) is 6.16. The highest BCUT2D eigenvalue weighted by molar-refractivity contribution is 5.75. The van der Waals surface area contributed by atoms with Gasteiger partial charge < -0.3 is 9.84 Å². The minimum atomic E-state index is -0.917. The second-order valence-corrected chi connectivity index (χ2v) is 6.16. The van der Waals surface area contributed by atoms with Crippen LogP contribution in [0.15, 0.2) is 48.7 Å². The van der Waals surface area contributed by atoms with Gasteiger partial charge in [0.1, 0.15) is 11.9 Å². The Morgan fingerprint density at radius 1 is 1.24 bits per heavy atom. The Labute approximate surface area is 146 Å². The maximum Gasteiger partial charge on any atom is 0.325 e. The van der Waals surface area contributed by atoms with Crippen LogP contribution in [-0.2, 0) is 16.1 Å². The second kappa shape index (κ2) is 8.18. The number of likely N-dealkylation sites (tertiary alicyclic amines) is 1. The lowest BCUT2D eigenvalue weighted by Gasteiger charge is -2.35. The fraction of sp³-hybridized carbons (Fsp3) is 0.368. The molecule has 1 atom stereocenters. The number of pyridine rings is 1. The average Bonchev–Trinajstić information content (AvgIpc) is 2.63. The molecule has 25 heavy (non-hydrogen) atoms. The molecule has 5 nitrogen and oxygen atoms in total. The summed E-state index contributed by atoms with van der Waals surface area (Å²) in [6.07, 6.45) is 3.36. The molecule has 0 saturated carbocycles. The first-order valence-electron chi connectivity index (χ1n) is 8.37. The van der Waals surface area contributed by atoms with Crippen LogP contribution < -0.4 is 0 Å². The minimum Gasteiger partial charge on any atom is -0.480 e. The van der Waals surface area contributed by atoms with Crippen molar-refractivity contribution < 1.29 is 19.0 Å². The summed E-state index contributed by atoms with van der Waals surface area (Å²) >= 11 is 0. The van der Waals surface area contributed by atoms with Gasteiger partial charge in [-0.1, -0.05) is 18.2 Å². The van der Waals surface area contributed by atoms with E-state index in [4.69, 9.17) is 4.74 Å². The Bertz CT molecular complexity index is 686. The van der Waals surface area contributed by atoms with Crippen LogP contribution >= 0.6 is 0 Å². The molecule has 0 spiro atoms. The van der Waals surface area contributed by atoms with E-state index in [0.717, 1.165) is 18.5 Å². The monoisotopic (exact) mass is 344 g/mol. The van der Waals surface area contributed by atoms with Crippen molar-refractivity contribution in [1.82, 2.24) is 9.88 Å². The van der Waals surface area contributed by atoms with E-state index < -0.39 is 12.0 Å². The number of benzene rings is 1. The van der Waals surface area contributed by atoms with Crippen molar-refractivity contribution >= 4 is 5.97 Å². The lowest BCUT2D eigenvalue weighted by molar-refractivity contribution is -0.145. The SMILES string of the molecule is O=C(O)[C@H](c1ccc(F)cc1)N1CCC(OCc2ccccn2)CC1. The lowest BCUT2D eigenvalue weighted by atomic mass is 10.0. The summed E-state index contributed by atoms with van der Waals surface area (Å²) in [6.45, 7) is 1.72. The molecule has 1 N–H and O–H groups in total. The van der Waals surface area contributed by atoms with Gasteiger partial charge in [0.2, 0.25) is 0 Å². The number of aromatic nitrogens is 1. The maximum absolute atomic E-state index is 13.1. The number of piperidine rings is 1. The summed E-state index contributed by atoms with van der Waals surface area (Å²) in [6, 6.07) is 10.6. The van der Waals surface area contributed by atoms with Crippen molar-refractivity contribution in [3.63, 3.8) is 0 Å². The molecule has 6 heteroatoms.